The molecule has 4 rings (SSSR count). The molecular weight excluding hydrogens is 427 g/mol. The van der Waals surface area contributed by atoms with Crippen molar-refractivity contribution in [3.63, 3.8) is 0 Å². The average molecular weight is 454 g/mol. The summed E-state index contributed by atoms with van der Waals surface area (Å²) >= 11 is 0. The maximum atomic E-state index is 13.4. The number of carbonyl (C=O) groups excluding carboxylic acids is 1. The van der Waals surface area contributed by atoms with E-state index in [4.69, 9.17) is 4.74 Å². The number of alkyl halides is 3. The van der Waals surface area contributed by atoms with Crippen LogP contribution in [0.3, 0.4) is 0 Å². The van der Waals surface area contributed by atoms with Crippen molar-refractivity contribution in [2.24, 2.45) is 0 Å². The van der Waals surface area contributed by atoms with Crippen LogP contribution in [0.15, 0.2) is 66.7 Å². The van der Waals surface area contributed by atoms with E-state index in [1.165, 1.54) is 24.3 Å². The van der Waals surface area contributed by atoms with Crippen LogP contribution in [0.5, 0.6) is 0 Å². The van der Waals surface area contributed by atoms with Crippen LogP contribution in [-0.2, 0) is 47.9 Å². The Balaban J connectivity index is 1.53. The minimum atomic E-state index is -4.39. The summed E-state index contributed by atoms with van der Waals surface area (Å²) < 4.78 is 44.9. The van der Waals surface area contributed by atoms with E-state index < -0.39 is 11.7 Å². The third-order valence-corrected chi connectivity index (χ3v) is 6.13. The van der Waals surface area contributed by atoms with Gasteiger partial charge in [-0.1, -0.05) is 54.6 Å². The fourth-order valence-electron chi connectivity index (χ4n) is 4.41. The molecule has 0 aromatic heterocycles. The maximum Gasteiger partial charge on any atom is 0.416 e. The highest BCUT2D eigenvalue weighted by molar-refractivity contribution is 5.72. The third kappa shape index (κ3) is 5.82. The zero-order chi connectivity index (χ0) is 23.4. The number of nitrogens with one attached hydrogen (secondary N) is 1. The Morgan fingerprint density at radius 2 is 1.64 bits per heavy atom. The van der Waals surface area contributed by atoms with E-state index in [9.17, 15) is 18.0 Å². The molecule has 33 heavy (non-hydrogen) atoms. The molecule has 1 N–H and O–H groups in total. The van der Waals surface area contributed by atoms with Gasteiger partial charge < -0.3 is 10.1 Å². The zero-order valence-corrected chi connectivity index (χ0v) is 18.4. The number of halogens is 3. The molecule has 172 valence electrons. The van der Waals surface area contributed by atoms with E-state index in [0.29, 0.717) is 18.5 Å². The Labute approximate surface area is 191 Å². The third-order valence-electron chi connectivity index (χ3n) is 6.13. The van der Waals surface area contributed by atoms with Crippen molar-refractivity contribution in [2.75, 3.05) is 7.11 Å². The molecule has 1 aliphatic carbocycles. The van der Waals surface area contributed by atoms with Crippen LogP contribution >= 0.6 is 0 Å². The Bertz CT molecular complexity index is 1120. The van der Waals surface area contributed by atoms with Gasteiger partial charge >= 0.3 is 12.1 Å². The van der Waals surface area contributed by atoms with Crippen LogP contribution in [-0.4, -0.2) is 19.1 Å². The number of fused-ring (bicyclic) bond motifs is 1. The molecule has 3 aromatic carbocycles. The summed E-state index contributed by atoms with van der Waals surface area (Å²) in [5.74, 6) is -0.330. The van der Waals surface area contributed by atoms with Gasteiger partial charge in [-0.25, -0.2) is 0 Å². The molecule has 0 fully saturated rings. The Kier molecular flexibility index (Phi) is 6.84. The SMILES string of the molecule is COC(=O)Cc1cccc(Cc2ccc(C(F)(F)F)cc2CNC2Cc3ccccc3C2)c1. The van der Waals surface area contributed by atoms with Gasteiger partial charge in [0.05, 0.1) is 19.1 Å². The van der Waals surface area contributed by atoms with Gasteiger partial charge in [-0.15, -0.1) is 0 Å². The van der Waals surface area contributed by atoms with E-state index in [0.717, 1.165) is 35.6 Å². The maximum absolute atomic E-state index is 13.4. The van der Waals surface area contributed by atoms with Gasteiger partial charge in [0.25, 0.3) is 0 Å². The van der Waals surface area contributed by atoms with Gasteiger partial charge in [0, 0.05) is 12.6 Å². The van der Waals surface area contributed by atoms with Crippen molar-refractivity contribution in [1.82, 2.24) is 5.32 Å². The summed E-state index contributed by atoms with van der Waals surface area (Å²) in [7, 11) is 1.34. The molecule has 0 bridgehead atoms. The monoisotopic (exact) mass is 453 g/mol. The van der Waals surface area contributed by atoms with Gasteiger partial charge in [0.15, 0.2) is 0 Å². The first-order valence-corrected chi connectivity index (χ1v) is 11.0. The lowest BCUT2D eigenvalue weighted by Crippen LogP contribution is -2.29. The summed E-state index contributed by atoms with van der Waals surface area (Å²) in [6.45, 7) is 0.361. The molecule has 0 radical (unpaired) electrons. The number of rotatable bonds is 7. The van der Waals surface area contributed by atoms with Gasteiger partial charge in [0.1, 0.15) is 0 Å². The van der Waals surface area contributed by atoms with E-state index in [-0.39, 0.29) is 18.4 Å². The predicted molar refractivity (Wildman–Crippen MR) is 121 cm³/mol. The van der Waals surface area contributed by atoms with Gasteiger partial charge in [-0.05, 0) is 64.8 Å². The number of hydrogen-bond acceptors (Lipinski definition) is 3. The number of benzene rings is 3. The normalized spacial score (nSPS) is 13.7. The second-order valence-electron chi connectivity index (χ2n) is 8.49. The summed E-state index contributed by atoms with van der Waals surface area (Å²) in [6.07, 6.45) is -2.00. The smallest absolute Gasteiger partial charge is 0.416 e. The second kappa shape index (κ2) is 9.79. The quantitative estimate of drug-likeness (QED) is 0.496. The van der Waals surface area contributed by atoms with Crippen molar-refractivity contribution < 1.29 is 22.7 Å². The van der Waals surface area contributed by atoms with Crippen LogP contribution in [0, 0.1) is 0 Å². The number of esters is 1. The fourth-order valence-corrected chi connectivity index (χ4v) is 4.41. The standard InChI is InChI=1S/C27H26F3NO2/c1-33-26(32)13-19-6-4-5-18(11-19)12-22-9-10-24(27(28,29)30)14-23(22)17-31-25-15-20-7-2-3-8-21(20)16-25/h2-11,14,25,31H,12-13,15-17H2,1H3. The molecule has 0 atom stereocenters. The molecular formula is C27H26F3NO2. The van der Waals surface area contributed by atoms with Crippen molar-refractivity contribution in [3.05, 3.63) is 106 Å². The number of hydrogen-bond donors (Lipinski definition) is 1. The molecule has 1 aliphatic rings. The number of carbonyl (C=O) groups is 1. The van der Waals surface area contributed by atoms with E-state index in [1.54, 1.807) is 6.07 Å². The molecule has 0 saturated carbocycles. The highest BCUT2D eigenvalue weighted by Crippen LogP contribution is 2.31. The van der Waals surface area contributed by atoms with Crippen LogP contribution in [0.25, 0.3) is 0 Å². The largest absolute Gasteiger partial charge is 0.469 e. The molecule has 3 nitrogen and oxygen atoms in total. The highest BCUT2D eigenvalue weighted by atomic mass is 19.4. The molecule has 3 aromatic rings. The fraction of sp³-hybridized carbons (Fsp3) is 0.296. The van der Waals surface area contributed by atoms with Gasteiger partial charge in [-0.2, -0.15) is 13.2 Å². The Morgan fingerprint density at radius 3 is 2.30 bits per heavy atom. The molecule has 0 aliphatic heterocycles. The van der Waals surface area contributed by atoms with Crippen molar-refractivity contribution in [3.8, 4) is 0 Å². The lowest BCUT2D eigenvalue weighted by molar-refractivity contribution is -0.140. The van der Waals surface area contributed by atoms with Crippen LogP contribution in [0.1, 0.15) is 38.9 Å². The van der Waals surface area contributed by atoms with Gasteiger partial charge in [-0.3, -0.25) is 4.79 Å². The van der Waals surface area contributed by atoms with Crippen LogP contribution < -0.4 is 5.32 Å². The van der Waals surface area contributed by atoms with E-state index in [2.05, 4.69) is 17.4 Å². The lowest BCUT2D eigenvalue weighted by Gasteiger charge is -2.17. The summed E-state index contributed by atoms with van der Waals surface area (Å²) in [5.41, 5.74) is 5.17. The summed E-state index contributed by atoms with van der Waals surface area (Å²) in [4.78, 5) is 11.6. The number of methoxy groups -OCH3 is 1. The highest BCUT2D eigenvalue weighted by Gasteiger charge is 2.31. The molecule has 0 saturated heterocycles. The molecule has 0 amide bonds. The molecule has 0 heterocycles. The van der Waals surface area contributed by atoms with Crippen LogP contribution in [0.2, 0.25) is 0 Å². The summed E-state index contributed by atoms with van der Waals surface area (Å²) in [6, 6.07) is 19.9. The average Bonchev–Trinajstić information content (AvgIpc) is 3.21. The summed E-state index contributed by atoms with van der Waals surface area (Å²) in [5, 5.41) is 3.47. The minimum absolute atomic E-state index is 0.161. The second-order valence-corrected chi connectivity index (χ2v) is 8.49. The number of ether oxygens (including phenoxy) is 1. The van der Waals surface area contributed by atoms with E-state index in [1.807, 2.05) is 36.4 Å². The topological polar surface area (TPSA) is 38.3 Å². The Hall–Kier alpha value is -3.12. The van der Waals surface area contributed by atoms with Crippen molar-refractivity contribution in [2.45, 2.75) is 44.4 Å². The van der Waals surface area contributed by atoms with Crippen LogP contribution in [0.4, 0.5) is 13.2 Å². The predicted octanol–water partition coefficient (Wildman–Crippen LogP) is 5.27. The van der Waals surface area contributed by atoms with Crippen molar-refractivity contribution in [1.29, 1.82) is 0 Å². The zero-order valence-electron chi connectivity index (χ0n) is 18.4. The first-order valence-electron chi connectivity index (χ1n) is 11.0. The molecule has 0 spiro atoms. The molecule has 6 heteroatoms. The van der Waals surface area contributed by atoms with Gasteiger partial charge in [0.2, 0.25) is 0 Å². The first kappa shape index (κ1) is 23.1. The first-order chi connectivity index (χ1) is 15.8. The minimum Gasteiger partial charge on any atom is -0.469 e. The Morgan fingerprint density at radius 1 is 0.939 bits per heavy atom. The molecule has 0 unspecified atom stereocenters. The van der Waals surface area contributed by atoms with E-state index >= 15 is 0 Å². The lowest BCUT2D eigenvalue weighted by atomic mass is 9.96. The van der Waals surface area contributed by atoms with Crippen molar-refractivity contribution >= 4 is 5.97 Å².